The number of fused-ring (bicyclic) bond motifs is 17. The lowest BCUT2D eigenvalue weighted by Crippen LogP contribution is -2.60. The van der Waals surface area contributed by atoms with Gasteiger partial charge in [-0.15, -0.1) is 0 Å². The first-order valence-corrected chi connectivity index (χ1v) is 41.2. The zero-order valence-electron chi connectivity index (χ0n) is 68.0. The van der Waals surface area contributed by atoms with Crippen molar-refractivity contribution in [3.05, 3.63) is 287 Å². The van der Waals surface area contributed by atoms with Gasteiger partial charge in [-0.25, -0.2) is 4.98 Å². The van der Waals surface area contributed by atoms with Crippen molar-refractivity contribution in [2.45, 2.75) is 194 Å². The Morgan fingerprint density at radius 2 is 0.892 bits per heavy atom. The molecule has 0 unspecified atom stereocenters. The number of nitrogens with zero attached hydrogens (tertiary/aromatic N) is 3. The van der Waals surface area contributed by atoms with Crippen LogP contribution in [0.25, 0.3) is 127 Å². The molecule has 0 fully saturated rings. The minimum atomic E-state index is -0.189. The molecule has 0 atom stereocenters. The maximum atomic E-state index is 6.36. The Morgan fingerprint density at radius 3 is 1.55 bits per heavy atom. The monoisotopic (exact) mass is 1440 g/mol. The van der Waals surface area contributed by atoms with Crippen LogP contribution in [0.2, 0.25) is 0 Å². The normalized spacial score (nSPS) is 16.9. The number of hydrogen-bond acceptors (Lipinski definition) is 2. The van der Waals surface area contributed by atoms with Gasteiger partial charge in [0.25, 0.3) is 6.71 Å². The molecule has 2 aliphatic heterocycles. The number of hydrogen-bond donors (Lipinski definition) is 0. The number of pyridine rings is 1. The largest absolute Gasteiger partial charge is 0.311 e. The van der Waals surface area contributed by atoms with Gasteiger partial charge in [0.1, 0.15) is 0 Å². The predicted octanol–water partition coefficient (Wildman–Crippen LogP) is 27.2. The van der Waals surface area contributed by atoms with E-state index in [1.165, 1.54) is 177 Å². The molecule has 2 aromatic heterocycles. The highest BCUT2D eigenvalue weighted by molar-refractivity contribution is 7.00. The van der Waals surface area contributed by atoms with Crippen molar-refractivity contribution >= 4 is 94.3 Å². The summed E-state index contributed by atoms with van der Waals surface area (Å²) in [7, 11) is 0. The van der Waals surface area contributed by atoms with Gasteiger partial charge in [-0.3, -0.25) is 0 Å². The molecule has 0 radical (unpaired) electrons. The van der Waals surface area contributed by atoms with Crippen molar-refractivity contribution < 1.29 is 0 Å². The Bertz CT molecular complexity index is 6440. The van der Waals surface area contributed by atoms with Crippen molar-refractivity contribution in [3.63, 3.8) is 0 Å². The van der Waals surface area contributed by atoms with Crippen LogP contribution in [0, 0.1) is 0 Å². The summed E-state index contributed by atoms with van der Waals surface area (Å²) in [4.78, 5) is 9.03. The molecule has 3 aliphatic carbocycles. The highest BCUT2D eigenvalue weighted by Crippen LogP contribution is 2.55. The average Bonchev–Trinajstić information content (AvgIpc) is 1.58. The van der Waals surface area contributed by atoms with E-state index in [1.807, 2.05) is 0 Å². The van der Waals surface area contributed by atoms with Gasteiger partial charge in [-0.2, -0.15) is 0 Å². The average molecular weight is 1440 g/mol. The third-order valence-corrected chi connectivity index (χ3v) is 27.7. The van der Waals surface area contributed by atoms with Crippen LogP contribution >= 0.6 is 0 Å². The maximum absolute atomic E-state index is 6.36. The molecular weight excluding hydrogens is 1340 g/mol. The Morgan fingerprint density at radius 1 is 0.351 bits per heavy atom. The van der Waals surface area contributed by atoms with Crippen LogP contribution in [0.3, 0.4) is 0 Å². The minimum absolute atomic E-state index is 0.00302. The fourth-order valence-electron chi connectivity index (χ4n) is 21.2. The molecule has 0 bridgehead atoms. The van der Waals surface area contributed by atoms with E-state index in [9.17, 15) is 0 Å². The van der Waals surface area contributed by atoms with Crippen molar-refractivity contribution in [1.29, 1.82) is 0 Å². The van der Waals surface area contributed by atoms with E-state index in [4.69, 9.17) is 4.98 Å². The SMILES string of the molecule is CC(C)(C)c1ccc(N2c3ccc(C(C)(C)C)cc3B3c4c2cc(-c2c(-c5ccc6c(c5)C(C)(C)CCC6(C)C)cc(-c5ccc6c(c5)C(C)(C)CCC6(C)C)nc2-c2ccc5c(c2)CCCC5(C)C)cc4-n2c4ccc5c6ccccc6c6ccccc6c5c4c4cc(-c5ccccc5-c5ccccc5)cc3c42)cc1. The van der Waals surface area contributed by atoms with E-state index in [2.05, 4.69) is 363 Å². The molecule has 548 valence electrons. The lowest BCUT2D eigenvalue weighted by atomic mass is 9.33. The molecule has 0 amide bonds. The summed E-state index contributed by atoms with van der Waals surface area (Å²) in [6.07, 6.45) is 7.92. The minimum Gasteiger partial charge on any atom is -0.311 e. The van der Waals surface area contributed by atoms with Crippen molar-refractivity contribution in [2.75, 3.05) is 4.90 Å². The van der Waals surface area contributed by atoms with Gasteiger partial charge in [0.2, 0.25) is 0 Å². The van der Waals surface area contributed by atoms with E-state index >= 15 is 0 Å². The first kappa shape index (κ1) is 69.6. The van der Waals surface area contributed by atoms with E-state index in [1.54, 1.807) is 0 Å². The second-order valence-electron chi connectivity index (χ2n) is 39.1. The molecule has 15 aromatic rings. The van der Waals surface area contributed by atoms with Crippen molar-refractivity contribution in [2.24, 2.45) is 0 Å². The van der Waals surface area contributed by atoms with Crippen LogP contribution in [0.5, 0.6) is 0 Å². The van der Waals surface area contributed by atoms with E-state index < -0.39 is 0 Å². The highest BCUT2D eigenvalue weighted by atomic mass is 15.2. The van der Waals surface area contributed by atoms with Crippen molar-refractivity contribution in [1.82, 2.24) is 9.55 Å². The molecule has 5 aliphatic rings. The van der Waals surface area contributed by atoms with Crippen LogP contribution in [-0.4, -0.2) is 16.3 Å². The molecule has 0 saturated heterocycles. The lowest BCUT2D eigenvalue weighted by molar-refractivity contribution is 0.332. The first-order valence-electron chi connectivity index (χ1n) is 41.2. The smallest absolute Gasteiger partial charge is 0.252 e. The fourth-order valence-corrected chi connectivity index (χ4v) is 21.2. The van der Waals surface area contributed by atoms with Crippen molar-refractivity contribution in [3.8, 4) is 72.7 Å². The Kier molecular flexibility index (Phi) is 15.2. The Labute approximate surface area is 657 Å². The fraction of sp³-hybridized carbons (Fsp3) is 0.280. The van der Waals surface area contributed by atoms with Crippen LogP contribution in [-0.2, 0) is 44.3 Å². The molecule has 111 heavy (non-hydrogen) atoms. The molecule has 3 nitrogen and oxygen atoms in total. The molecule has 20 rings (SSSR count). The topological polar surface area (TPSA) is 21.1 Å². The summed E-state index contributed by atoms with van der Waals surface area (Å²) in [6.45, 7) is 38.7. The lowest BCUT2D eigenvalue weighted by Gasteiger charge is -2.42. The molecule has 4 heterocycles. The molecule has 0 N–H and O–H groups in total. The van der Waals surface area contributed by atoms with E-state index in [0.29, 0.717) is 0 Å². The van der Waals surface area contributed by atoms with Gasteiger partial charge in [-0.05, 0) is 270 Å². The second kappa shape index (κ2) is 24.2. The van der Waals surface area contributed by atoms with Crippen LogP contribution in [0.4, 0.5) is 17.1 Å². The standard InChI is InChI=1S/C107H102BN3/c1-101(2,3)71-39-42-73(43-40-71)110-91-48-41-72(102(4,5)6)62-88(91)108-89-59-69(75-31-21-20-30-74(75)64-27-18-17-19-28-64)56-82-97-92(49-44-80-78-34-23-22-32-76(78)77-33-24-25-35-79(77)96(80)97)111(100(82)89)94-61-70(60-93(110)98(94)108)95-81(65-36-46-84-86(57-65)106(13,14)53-51-104(84,9)10)63-90(67-37-47-85-87(58-67)107(15,16)54-52-105(85,11)12)109-99(95)68-38-45-83-66(55-68)29-26-50-103(83,7)8/h17-25,27-28,30-49,55-63H,26,29,50-54H2,1-16H3. The molecule has 0 spiro atoms. The number of aryl methyl sites for hydroxylation is 1. The van der Waals surface area contributed by atoms with Gasteiger partial charge < -0.3 is 9.47 Å². The molecule has 4 heteroatoms. The number of anilines is 3. The predicted molar refractivity (Wildman–Crippen MR) is 477 cm³/mol. The number of benzene rings is 13. The van der Waals surface area contributed by atoms with Gasteiger partial charge >= 0.3 is 0 Å². The zero-order chi connectivity index (χ0) is 76.5. The molecule has 0 saturated carbocycles. The van der Waals surface area contributed by atoms with E-state index in [-0.39, 0.29) is 44.6 Å². The van der Waals surface area contributed by atoms with Crippen LogP contribution in [0.15, 0.2) is 243 Å². The van der Waals surface area contributed by atoms with Gasteiger partial charge in [0, 0.05) is 61.1 Å². The Balaban J connectivity index is 0.982. The maximum Gasteiger partial charge on any atom is 0.252 e. The summed E-state index contributed by atoms with van der Waals surface area (Å²) < 4.78 is 2.76. The first-order chi connectivity index (χ1) is 53.0. The van der Waals surface area contributed by atoms with Crippen LogP contribution in [0.1, 0.15) is 194 Å². The van der Waals surface area contributed by atoms with Gasteiger partial charge in [-0.1, -0.05) is 293 Å². The molecule has 13 aromatic carbocycles. The summed E-state index contributed by atoms with van der Waals surface area (Å²) >= 11 is 0. The summed E-state index contributed by atoms with van der Waals surface area (Å²) in [5.74, 6) is 0. The highest BCUT2D eigenvalue weighted by Gasteiger charge is 2.46. The quantitative estimate of drug-likeness (QED) is 0.117. The summed E-state index contributed by atoms with van der Waals surface area (Å²) in [5.41, 5.74) is 36.3. The Hall–Kier alpha value is -10.5. The number of aromatic nitrogens is 2. The van der Waals surface area contributed by atoms with Gasteiger partial charge in [0.05, 0.1) is 16.9 Å². The van der Waals surface area contributed by atoms with Crippen LogP contribution < -0.4 is 21.3 Å². The molecular formula is C107H102BN3. The zero-order valence-corrected chi connectivity index (χ0v) is 68.0. The van der Waals surface area contributed by atoms with E-state index in [0.717, 1.165) is 72.3 Å². The third-order valence-electron chi connectivity index (χ3n) is 27.7. The number of rotatable bonds is 7. The third kappa shape index (κ3) is 10.7. The summed E-state index contributed by atoms with van der Waals surface area (Å²) in [6, 6.07) is 96.4. The second-order valence-corrected chi connectivity index (χ2v) is 39.1. The summed E-state index contributed by atoms with van der Waals surface area (Å²) in [5, 5.41) is 10.2. The van der Waals surface area contributed by atoms with Gasteiger partial charge in [0.15, 0.2) is 0 Å².